The SMILES string of the molecule is CCC(CC)(C(=O)OC)c1nccs1. The van der Waals surface area contributed by atoms with Crippen LogP contribution in [0, 0.1) is 0 Å². The number of thiazole rings is 1. The molecule has 1 rings (SSSR count). The Kier molecular flexibility index (Phi) is 3.63. The molecule has 0 aliphatic rings. The first-order chi connectivity index (χ1) is 6.71. The van der Waals surface area contributed by atoms with Crippen LogP contribution in [0.3, 0.4) is 0 Å². The van der Waals surface area contributed by atoms with E-state index in [4.69, 9.17) is 4.74 Å². The summed E-state index contributed by atoms with van der Waals surface area (Å²) in [4.78, 5) is 16.0. The molecule has 4 heteroatoms. The minimum atomic E-state index is -0.539. The molecule has 78 valence electrons. The van der Waals surface area contributed by atoms with Crippen molar-refractivity contribution in [3.8, 4) is 0 Å². The zero-order valence-electron chi connectivity index (χ0n) is 8.74. The fraction of sp³-hybridized carbons (Fsp3) is 0.600. The molecule has 0 amide bonds. The van der Waals surface area contributed by atoms with Crippen LogP contribution in [0.2, 0.25) is 0 Å². The van der Waals surface area contributed by atoms with Crippen molar-refractivity contribution in [1.82, 2.24) is 4.98 Å². The molecule has 0 atom stereocenters. The molecule has 0 aromatic carbocycles. The maximum absolute atomic E-state index is 11.7. The van der Waals surface area contributed by atoms with Gasteiger partial charge in [0.15, 0.2) is 0 Å². The molecule has 0 radical (unpaired) electrons. The van der Waals surface area contributed by atoms with Crippen LogP contribution < -0.4 is 0 Å². The van der Waals surface area contributed by atoms with Crippen molar-refractivity contribution in [3.05, 3.63) is 16.6 Å². The number of hydrogen-bond donors (Lipinski definition) is 0. The lowest BCUT2D eigenvalue weighted by molar-refractivity contribution is -0.148. The summed E-state index contributed by atoms with van der Waals surface area (Å²) < 4.78 is 4.85. The second-order valence-electron chi connectivity index (χ2n) is 3.12. The highest BCUT2D eigenvalue weighted by molar-refractivity contribution is 7.09. The number of methoxy groups -OCH3 is 1. The second-order valence-corrected chi connectivity index (χ2v) is 4.01. The number of aromatic nitrogens is 1. The van der Waals surface area contributed by atoms with E-state index >= 15 is 0 Å². The summed E-state index contributed by atoms with van der Waals surface area (Å²) in [5, 5.41) is 2.74. The Balaban J connectivity index is 3.10. The topological polar surface area (TPSA) is 39.2 Å². The molecular formula is C10H15NO2S. The van der Waals surface area contributed by atoms with Gasteiger partial charge in [0.05, 0.1) is 7.11 Å². The number of ether oxygens (including phenoxy) is 1. The van der Waals surface area contributed by atoms with E-state index < -0.39 is 5.41 Å². The Labute approximate surface area is 88.1 Å². The minimum Gasteiger partial charge on any atom is -0.468 e. The van der Waals surface area contributed by atoms with Crippen molar-refractivity contribution in [2.75, 3.05) is 7.11 Å². The van der Waals surface area contributed by atoms with E-state index in [2.05, 4.69) is 4.98 Å². The van der Waals surface area contributed by atoms with Crippen LogP contribution in [0.5, 0.6) is 0 Å². The number of carbonyl (C=O) groups is 1. The van der Waals surface area contributed by atoms with Gasteiger partial charge >= 0.3 is 5.97 Å². The molecule has 1 aromatic heterocycles. The zero-order chi connectivity index (χ0) is 10.6. The molecule has 1 heterocycles. The normalized spacial score (nSPS) is 11.4. The van der Waals surface area contributed by atoms with E-state index in [0.29, 0.717) is 0 Å². The molecule has 0 fully saturated rings. The highest BCUT2D eigenvalue weighted by atomic mass is 32.1. The second kappa shape index (κ2) is 4.55. The summed E-state index contributed by atoms with van der Waals surface area (Å²) >= 11 is 1.51. The average Bonchev–Trinajstić information content (AvgIpc) is 2.74. The average molecular weight is 213 g/mol. The van der Waals surface area contributed by atoms with E-state index in [0.717, 1.165) is 17.8 Å². The van der Waals surface area contributed by atoms with Crippen molar-refractivity contribution in [3.63, 3.8) is 0 Å². The van der Waals surface area contributed by atoms with Crippen LogP contribution in [0.1, 0.15) is 31.7 Å². The largest absolute Gasteiger partial charge is 0.468 e. The predicted molar refractivity (Wildman–Crippen MR) is 56.4 cm³/mol. The van der Waals surface area contributed by atoms with Crippen molar-refractivity contribution < 1.29 is 9.53 Å². The van der Waals surface area contributed by atoms with Crippen LogP contribution >= 0.6 is 11.3 Å². The van der Waals surface area contributed by atoms with Gasteiger partial charge in [0.25, 0.3) is 0 Å². The van der Waals surface area contributed by atoms with Crippen LogP contribution in [0.15, 0.2) is 11.6 Å². The molecule has 0 unspecified atom stereocenters. The van der Waals surface area contributed by atoms with Crippen molar-refractivity contribution in [2.24, 2.45) is 0 Å². The Morgan fingerprint density at radius 2 is 2.21 bits per heavy atom. The van der Waals surface area contributed by atoms with Crippen LogP contribution in [-0.2, 0) is 14.9 Å². The third-order valence-corrected chi connectivity index (χ3v) is 3.60. The van der Waals surface area contributed by atoms with Crippen molar-refractivity contribution >= 4 is 17.3 Å². The Hall–Kier alpha value is -0.900. The molecule has 0 aliphatic carbocycles. The van der Waals surface area contributed by atoms with Gasteiger partial charge in [-0.25, -0.2) is 4.98 Å². The van der Waals surface area contributed by atoms with Gasteiger partial charge in [0.1, 0.15) is 10.4 Å². The fourth-order valence-electron chi connectivity index (χ4n) is 1.58. The van der Waals surface area contributed by atoms with Gasteiger partial charge < -0.3 is 4.74 Å². The number of carbonyl (C=O) groups excluding carboxylic acids is 1. The number of esters is 1. The molecule has 3 nitrogen and oxygen atoms in total. The molecule has 0 aliphatic heterocycles. The van der Waals surface area contributed by atoms with Crippen molar-refractivity contribution in [1.29, 1.82) is 0 Å². The van der Waals surface area contributed by atoms with E-state index in [1.54, 1.807) is 6.20 Å². The lowest BCUT2D eigenvalue weighted by atomic mass is 9.83. The molecule has 0 saturated carbocycles. The van der Waals surface area contributed by atoms with E-state index in [1.807, 2.05) is 19.2 Å². The molecule has 0 spiro atoms. The molecule has 1 aromatic rings. The number of hydrogen-bond acceptors (Lipinski definition) is 4. The van der Waals surface area contributed by atoms with Gasteiger partial charge in [0, 0.05) is 11.6 Å². The standard InChI is InChI=1S/C10H15NO2S/c1-4-10(5-2,9(12)13-3)8-11-6-7-14-8/h6-7H,4-5H2,1-3H3. The molecular weight excluding hydrogens is 198 g/mol. The number of nitrogens with zero attached hydrogens (tertiary/aromatic N) is 1. The molecule has 14 heavy (non-hydrogen) atoms. The first kappa shape index (κ1) is 11.2. The van der Waals surface area contributed by atoms with Gasteiger partial charge in [-0.3, -0.25) is 4.79 Å². The lowest BCUT2D eigenvalue weighted by Crippen LogP contribution is -2.35. The van der Waals surface area contributed by atoms with Gasteiger partial charge in [-0.1, -0.05) is 13.8 Å². The summed E-state index contributed by atoms with van der Waals surface area (Å²) in [7, 11) is 1.43. The summed E-state index contributed by atoms with van der Waals surface area (Å²) in [5.74, 6) is -0.183. The number of rotatable bonds is 4. The van der Waals surface area contributed by atoms with Gasteiger partial charge in [-0.2, -0.15) is 0 Å². The smallest absolute Gasteiger partial charge is 0.318 e. The fourth-order valence-corrected chi connectivity index (χ4v) is 2.55. The third-order valence-electron chi connectivity index (χ3n) is 2.62. The molecule has 0 bridgehead atoms. The molecule has 0 N–H and O–H groups in total. The van der Waals surface area contributed by atoms with Gasteiger partial charge in [0.2, 0.25) is 0 Å². The summed E-state index contributed by atoms with van der Waals surface area (Å²) in [6, 6.07) is 0. The maximum Gasteiger partial charge on any atom is 0.318 e. The Bertz CT molecular complexity index is 291. The van der Waals surface area contributed by atoms with Crippen LogP contribution in [-0.4, -0.2) is 18.1 Å². The summed E-state index contributed by atoms with van der Waals surface area (Å²) in [5.41, 5.74) is -0.539. The maximum atomic E-state index is 11.7. The first-order valence-corrected chi connectivity index (χ1v) is 5.57. The van der Waals surface area contributed by atoms with E-state index in [9.17, 15) is 4.79 Å². The quantitative estimate of drug-likeness (QED) is 0.721. The minimum absolute atomic E-state index is 0.183. The highest BCUT2D eigenvalue weighted by Crippen LogP contribution is 2.34. The lowest BCUT2D eigenvalue weighted by Gasteiger charge is -2.25. The first-order valence-electron chi connectivity index (χ1n) is 4.69. The van der Waals surface area contributed by atoms with Crippen molar-refractivity contribution in [2.45, 2.75) is 32.1 Å². The zero-order valence-corrected chi connectivity index (χ0v) is 9.56. The third kappa shape index (κ3) is 1.66. The van der Waals surface area contributed by atoms with Gasteiger partial charge in [-0.05, 0) is 12.8 Å². The summed E-state index contributed by atoms with van der Waals surface area (Å²) in [6.45, 7) is 3.98. The monoisotopic (exact) mass is 213 g/mol. The molecule has 0 saturated heterocycles. The van der Waals surface area contributed by atoms with Crippen LogP contribution in [0.4, 0.5) is 0 Å². The Morgan fingerprint density at radius 1 is 1.57 bits per heavy atom. The van der Waals surface area contributed by atoms with Crippen LogP contribution in [0.25, 0.3) is 0 Å². The summed E-state index contributed by atoms with van der Waals surface area (Å²) in [6.07, 6.45) is 3.18. The highest BCUT2D eigenvalue weighted by Gasteiger charge is 2.40. The predicted octanol–water partition coefficient (Wildman–Crippen LogP) is 2.37. The van der Waals surface area contributed by atoms with E-state index in [-0.39, 0.29) is 5.97 Å². The van der Waals surface area contributed by atoms with Gasteiger partial charge in [-0.15, -0.1) is 11.3 Å². The Morgan fingerprint density at radius 3 is 2.57 bits per heavy atom. The van der Waals surface area contributed by atoms with E-state index in [1.165, 1.54) is 18.4 Å².